The molecule has 1 aromatic carbocycles. The van der Waals surface area contributed by atoms with E-state index in [9.17, 15) is 8.42 Å². The molecule has 0 fully saturated rings. The maximum Gasteiger partial charge on any atom is 0.243 e. The number of thiocarbonyl (C=S) groups is 1. The Balaban J connectivity index is 2.93. The molecule has 1 aromatic rings. The van der Waals surface area contributed by atoms with Crippen molar-refractivity contribution >= 4 is 27.2 Å². The third-order valence-electron chi connectivity index (χ3n) is 3.05. The monoisotopic (exact) mass is 314 g/mol. The summed E-state index contributed by atoms with van der Waals surface area (Å²) in [6.07, 6.45) is 2.33. The van der Waals surface area contributed by atoms with Gasteiger partial charge in [-0.3, -0.25) is 0 Å². The number of rotatable bonds is 8. The van der Waals surface area contributed by atoms with Crippen molar-refractivity contribution in [3.8, 4) is 0 Å². The van der Waals surface area contributed by atoms with Crippen LogP contribution in [0.5, 0.6) is 0 Å². The quantitative estimate of drug-likeness (QED) is 0.748. The van der Waals surface area contributed by atoms with Crippen LogP contribution in [0, 0.1) is 0 Å². The second-order valence-electron chi connectivity index (χ2n) is 4.64. The van der Waals surface area contributed by atoms with Gasteiger partial charge in [0.15, 0.2) is 0 Å². The topological polar surface area (TPSA) is 63.4 Å². The number of nitrogens with zero attached hydrogens (tertiary/aromatic N) is 1. The van der Waals surface area contributed by atoms with Crippen molar-refractivity contribution in [1.29, 1.82) is 0 Å². The molecule has 0 unspecified atom stereocenters. The van der Waals surface area contributed by atoms with Gasteiger partial charge >= 0.3 is 0 Å². The molecule has 0 aromatic heterocycles. The summed E-state index contributed by atoms with van der Waals surface area (Å²) in [7, 11) is -3.40. The maximum atomic E-state index is 12.5. The van der Waals surface area contributed by atoms with Crippen LogP contribution in [0.4, 0.5) is 0 Å². The molecular formula is C14H22N2O2S2. The van der Waals surface area contributed by atoms with Gasteiger partial charge in [0.05, 0.1) is 9.88 Å². The van der Waals surface area contributed by atoms with Crippen molar-refractivity contribution in [1.82, 2.24) is 4.31 Å². The van der Waals surface area contributed by atoms with Crippen LogP contribution in [0.2, 0.25) is 0 Å². The highest BCUT2D eigenvalue weighted by molar-refractivity contribution is 7.89. The van der Waals surface area contributed by atoms with Crippen molar-refractivity contribution in [2.45, 2.75) is 38.0 Å². The van der Waals surface area contributed by atoms with Crippen molar-refractivity contribution in [2.24, 2.45) is 5.73 Å². The van der Waals surface area contributed by atoms with Gasteiger partial charge in [-0.2, -0.15) is 4.31 Å². The molecule has 6 heteroatoms. The molecule has 0 amide bonds. The van der Waals surface area contributed by atoms with E-state index >= 15 is 0 Å². The van der Waals surface area contributed by atoms with Crippen LogP contribution < -0.4 is 5.73 Å². The fourth-order valence-electron chi connectivity index (χ4n) is 1.91. The van der Waals surface area contributed by atoms with E-state index in [1.54, 1.807) is 24.3 Å². The van der Waals surface area contributed by atoms with Crippen molar-refractivity contribution < 1.29 is 8.42 Å². The van der Waals surface area contributed by atoms with Crippen LogP contribution in [0.25, 0.3) is 0 Å². The molecule has 0 saturated heterocycles. The van der Waals surface area contributed by atoms with E-state index in [1.807, 2.05) is 13.8 Å². The predicted molar refractivity (Wildman–Crippen MR) is 86.3 cm³/mol. The number of benzene rings is 1. The van der Waals surface area contributed by atoms with Crippen LogP contribution in [-0.4, -0.2) is 30.8 Å². The molecule has 112 valence electrons. The molecule has 0 aliphatic carbocycles. The lowest BCUT2D eigenvalue weighted by molar-refractivity contribution is 0.419. The van der Waals surface area contributed by atoms with E-state index in [0.717, 1.165) is 18.4 Å². The summed E-state index contributed by atoms with van der Waals surface area (Å²) in [6.45, 7) is 4.94. The zero-order chi connectivity index (χ0) is 15.2. The van der Waals surface area contributed by atoms with E-state index in [1.165, 1.54) is 4.31 Å². The number of hydrogen-bond acceptors (Lipinski definition) is 3. The highest BCUT2D eigenvalue weighted by Gasteiger charge is 2.22. The first kappa shape index (κ1) is 17.1. The SMILES string of the molecule is CCCCN(CC)S(=O)(=O)c1ccc(CC(N)=S)cc1. The zero-order valence-corrected chi connectivity index (χ0v) is 13.6. The molecule has 0 bridgehead atoms. The third kappa shape index (κ3) is 4.54. The first-order chi connectivity index (χ1) is 9.41. The Morgan fingerprint density at radius 3 is 2.30 bits per heavy atom. The minimum Gasteiger partial charge on any atom is -0.393 e. The molecule has 0 spiro atoms. The number of nitrogens with two attached hydrogens (primary N) is 1. The van der Waals surface area contributed by atoms with E-state index < -0.39 is 10.0 Å². The summed E-state index contributed by atoms with van der Waals surface area (Å²) in [5.74, 6) is 0. The Labute approximate surface area is 127 Å². The van der Waals surface area contributed by atoms with E-state index in [0.29, 0.717) is 29.4 Å². The molecule has 0 radical (unpaired) electrons. The van der Waals surface area contributed by atoms with Crippen LogP contribution >= 0.6 is 12.2 Å². The Hall–Kier alpha value is -0.980. The summed E-state index contributed by atoms with van der Waals surface area (Å²) in [5, 5.41) is 0. The molecule has 20 heavy (non-hydrogen) atoms. The van der Waals surface area contributed by atoms with E-state index in [4.69, 9.17) is 18.0 Å². The van der Waals surface area contributed by atoms with Gasteiger partial charge in [-0.15, -0.1) is 0 Å². The van der Waals surface area contributed by atoms with Crippen LogP contribution in [0.1, 0.15) is 32.3 Å². The van der Waals surface area contributed by atoms with Crippen LogP contribution in [0.3, 0.4) is 0 Å². The maximum absolute atomic E-state index is 12.5. The fourth-order valence-corrected chi connectivity index (χ4v) is 3.57. The van der Waals surface area contributed by atoms with Crippen LogP contribution in [-0.2, 0) is 16.4 Å². The second kappa shape index (κ2) is 7.71. The van der Waals surface area contributed by atoms with Crippen molar-refractivity contribution in [3.63, 3.8) is 0 Å². The third-order valence-corrected chi connectivity index (χ3v) is 5.19. The van der Waals surface area contributed by atoms with E-state index in [-0.39, 0.29) is 0 Å². The summed E-state index contributed by atoms with van der Waals surface area (Å²) in [6, 6.07) is 6.77. The number of hydrogen-bond donors (Lipinski definition) is 1. The predicted octanol–water partition coefficient (Wildman–Crippen LogP) is 2.33. The van der Waals surface area contributed by atoms with Gasteiger partial charge in [0.2, 0.25) is 10.0 Å². The Bertz CT molecular complexity index is 539. The highest BCUT2D eigenvalue weighted by atomic mass is 32.2. The molecule has 1 rings (SSSR count). The minimum absolute atomic E-state index is 0.321. The Morgan fingerprint density at radius 2 is 1.85 bits per heavy atom. The fraction of sp³-hybridized carbons (Fsp3) is 0.500. The molecule has 0 saturated carbocycles. The summed E-state index contributed by atoms with van der Waals surface area (Å²) in [5.41, 5.74) is 6.40. The molecule has 2 N–H and O–H groups in total. The lowest BCUT2D eigenvalue weighted by atomic mass is 10.1. The standard InChI is InChI=1S/C14H22N2O2S2/c1-3-5-10-16(4-2)20(17,18)13-8-6-12(7-9-13)11-14(15)19/h6-9H,3-5,10-11H2,1-2H3,(H2,15,19). The average molecular weight is 314 g/mol. The number of sulfonamides is 1. The Kier molecular flexibility index (Phi) is 6.58. The molecule has 0 aliphatic heterocycles. The minimum atomic E-state index is -3.40. The van der Waals surface area contributed by atoms with Crippen molar-refractivity contribution in [3.05, 3.63) is 29.8 Å². The Morgan fingerprint density at radius 1 is 1.25 bits per heavy atom. The average Bonchev–Trinajstić information content (AvgIpc) is 2.39. The smallest absolute Gasteiger partial charge is 0.243 e. The first-order valence-electron chi connectivity index (χ1n) is 6.79. The van der Waals surface area contributed by atoms with Crippen LogP contribution in [0.15, 0.2) is 29.2 Å². The molecule has 4 nitrogen and oxygen atoms in total. The number of unbranched alkanes of at least 4 members (excludes halogenated alkanes) is 1. The normalized spacial score (nSPS) is 11.8. The van der Waals surface area contributed by atoms with Crippen molar-refractivity contribution in [2.75, 3.05) is 13.1 Å². The first-order valence-corrected chi connectivity index (χ1v) is 8.64. The van der Waals surface area contributed by atoms with Gasteiger partial charge in [0, 0.05) is 19.5 Å². The molecule has 0 heterocycles. The van der Waals surface area contributed by atoms with Gasteiger partial charge in [-0.25, -0.2) is 8.42 Å². The highest BCUT2D eigenvalue weighted by Crippen LogP contribution is 2.17. The second-order valence-corrected chi connectivity index (χ2v) is 7.10. The van der Waals surface area contributed by atoms with Gasteiger partial charge in [-0.05, 0) is 24.1 Å². The lowest BCUT2D eigenvalue weighted by Gasteiger charge is -2.20. The van der Waals surface area contributed by atoms with E-state index in [2.05, 4.69) is 0 Å². The lowest BCUT2D eigenvalue weighted by Crippen LogP contribution is -2.31. The largest absolute Gasteiger partial charge is 0.393 e. The van der Waals surface area contributed by atoms with Gasteiger partial charge in [-0.1, -0.05) is 44.6 Å². The van der Waals surface area contributed by atoms with Gasteiger partial charge in [0.25, 0.3) is 0 Å². The van der Waals surface area contributed by atoms with Gasteiger partial charge in [0.1, 0.15) is 0 Å². The molecule has 0 aliphatic rings. The molecule has 0 atom stereocenters. The van der Waals surface area contributed by atoms with Gasteiger partial charge < -0.3 is 5.73 Å². The summed E-state index contributed by atoms with van der Waals surface area (Å²) in [4.78, 5) is 0.723. The summed E-state index contributed by atoms with van der Waals surface area (Å²) >= 11 is 4.84. The molecular weight excluding hydrogens is 292 g/mol. The summed E-state index contributed by atoms with van der Waals surface area (Å²) < 4.78 is 26.5. The zero-order valence-electron chi connectivity index (χ0n) is 12.0.